The largest absolute Gasteiger partial charge is 0.501 e. The van der Waals surface area contributed by atoms with Crippen LogP contribution in [0.15, 0.2) is 112 Å². The lowest BCUT2D eigenvalue weighted by molar-refractivity contribution is -0.132. The predicted octanol–water partition coefficient (Wildman–Crippen LogP) is 10.0. The summed E-state index contributed by atoms with van der Waals surface area (Å²) in [5, 5.41) is 8.05. The lowest BCUT2D eigenvalue weighted by Gasteiger charge is -2.41. The number of thiol groups is 1. The van der Waals surface area contributed by atoms with Gasteiger partial charge in [0.2, 0.25) is 5.91 Å². The van der Waals surface area contributed by atoms with Crippen LogP contribution in [0.2, 0.25) is 5.02 Å². The summed E-state index contributed by atoms with van der Waals surface area (Å²) in [6.07, 6.45) is 7.82. The average molecular weight is 1170 g/mol. The molecule has 79 heavy (non-hydrogen) atoms. The zero-order valence-corrected chi connectivity index (χ0v) is 49.1. The first-order chi connectivity index (χ1) is 38.1. The molecule has 4 heterocycles. The highest BCUT2D eigenvalue weighted by Crippen LogP contribution is 2.49. The SMILES string of the molecule is CCC.NCC1CCN(CC(=O)N2CCC3(CCC(c4ccc(Cl)cc4)=C(CN4CCN(c5ccc(C(=O)c6ccc(NC(CCN7CCOCC7)CSc7ccccc7)c(S(=O)(=O)C(F)(F)F)c6)cc5)CC4)C3)C2)CC1.NS. The summed E-state index contributed by atoms with van der Waals surface area (Å²) in [5.74, 6) is 0.671. The second kappa shape index (κ2) is 29.7. The number of morpholine rings is 1. The lowest BCUT2D eigenvalue weighted by atomic mass is 9.69. The third kappa shape index (κ3) is 17.0. The molecule has 0 bridgehead atoms. The molecule has 5 aliphatic rings. The number of amides is 1. The Morgan fingerprint density at radius 1 is 0.835 bits per heavy atom. The Balaban J connectivity index is 0.00000175. The molecule has 1 aliphatic carbocycles. The number of likely N-dealkylation sites (tertiary alicyclic amines) is 2. The van der Waals surface area contributed by atoms with E-state index in [1.54, 1.807) is 12.1 Å². The van der Waals surface area contributed by atoms with Crippen molar-refractivity contribution >= 4 is 74.7 Å². The number of piperidine rings is 1. The van der Waals surface area contributed by atoms with Crippen molar-refractivity contribution in [2.45, 2.75) is 86.6 Å². The highest BCUT2D eigenvalue weighted by Gasteiger charge is 2.49. The Morgan fingerprint density at radius 3 is 2.14 bits per heavy atom. The molecular weight excluding hydrogens is 1090 g/mol. The maximum absolute atomic E-state index is 14.3. The summed E-state index contributed by atoms with van der Waals surface area (Å²) in [6, 6.07) is 27.9. The Labute approximate surface area is 481 Å². The molecule has 1 amide bonds. The zero-order chi connectivity index (χ0) is 56.6. The number of ether oxygens (including phenoxy) is 1. The maximum atomic E-state index is 14.3. The van der Waals surface area contributed by atoms with Gasteiger partial charge in [-0.05, 0) is 154 Å². The normalized spacial score (nSPS) is 20.3. The minimum absolute atomic E-state index is 0.0513. The number of nitrogens with one attached hydrogen (secondary N) is 1. The average Bonchev–Trinajstić information content (AvgIpc) is 3.98. The fraction of sp³-hybridized carbons (Fsp3) is 0.525. The van der Waals surface area contributed by atoms with Gasteiger partial charge in [-0.1, -0.05) is 67.8 Å². The van der Waals surface area contributed by atoms with E-state index in [0.717, 1.165) is 127 Å². The van der Waals surface area contributed by atoms with Crippen LogP contribution in [0.1, 0.15) is 86.7 Å². The van der Waals surface area contributed by atoms with E-state index in [-0.39, 0.29) is 28.1 Å². The van der Waals surface area contributed by atoms with Gasteiger partial charge in [0.15, 0.2) is 5.78 Å². The van der Waals surface area contributed by atoms with Crippen molar-refractivity contribution in [1.82, 2.24) is 19.6 Å². The van der Waals surface area contributed by atoms with Crippen molar-refractivity contribution in [3.05, 3.63) is 124 Å². The van der Waals surface area contributed by atoms with Gasteiger partial charge in [-0.3, -0.25) is 29.4 Å². The molecule has 0 radical (unpaired) electrons. The van der Waals surface area contributed by atoms with Crippen LogP contribution in [-0.4, -0.2) is 162 Å². The van der Waals surface area contributed by atoms with Gasteiger partial charge in [0.25, 0.3) is 9.84 Å². The standard InChI is InChI=1S/C56H69ClF3N7O5S2.C3H8.H3NS/c57-46-11-6-42(7-12-46)50-16-20-55(21-25-67(40-55)53(68)38-64-22-17-41(36-61)18-23-64)35-45(50)37-65-26-28-66(29-27-65)48-13-8-43(9-14-48)54(69)44-10-15-51(52(34-44)74(70,71)56(58,59)60)62-47(19-24-63-30-32-72-33-31-63)39-73-49-4-2-1-3-5-49;1-3-2;1-2/h1-15,34,41,47,62H,16-33,35-40,61H2;3H2,1-2H3;2H,1H2. The Bertz CT molecular complexity index is 2720. The maximum Gasteiger partial charge on any atom is 0.501 e. The van der Waals surface area contributed by atoms with Crippen molar-refractivity contribution in [2.75, 3.05) is 121 Å². The van der Waals surface area contributed by atoms with E-state index in [2.05, 4.69) is 73.8 Å². The van der Waals surface area contributed by atoms with Gasteiger partial charge >= 0.3 is 5.51 Å². The van der Waals surface area contributed by atoms with Crippen molar-refractivity contribution in [1.29, 1.82) is 0 Å². The molecule has 20 heteroatoms. The fourth-order valence-electron chi connectivity index (χ4n) is 11.4. The number of thioether (sulfide) groups is 1. The molecule has 0 saturated carbocycles. The molecule has 5 N–H and O–H groups in total. The number of rotatable bonds is 18. The van der Waals surface area contributed by atoms with Crippen molar-refractivity contribution in [3.8, 4) is 0 Å². The van der Waals surface area contributed by atoms with E-state index in [1.807, 2.05) is 54.6 Å². The molecule has 9 rings (SSSR count). The Hall–Kier alpha value is -4.15. The molecule has 4 fully saturated rings. The number of nitrogens with two attached hydrogens (primary N) is 2. The lowest BCUT2D eigenvalue weighted by Crippen LogP contribution is -2.47. The summed E-state index contributed by atoms with van der Waals surface area (Å²) in [4.78, 5) is 39.0. The van der Waals surface area contributed by atoms with Crippen LogP contribution < -0.4 is 21.1 Å². The molecule has 4 saturated heterocycles. The minimum atomic E-state index is -5.85. The third-order valence-electron chi connectivity index (χ3n) is 15.9. The van der Waals surface area contributed by atoms with Crippen LogP contribution in [0.4, 0.5) is 24.5 Å². The number of anilines is 2. The van der Waals surface area contributed by atoms with Crippen LogP contribution in [0, 0.1) is 11.3 Å². The van der Waals surface area contributed by atoms with E-state index in [1.165, 1.54) is 47.0 Å². The first kappa shape index (κ1) is 62.5. The van der Waals surface area contributed by atoms with Crippen molar-refractivity contribution in [3.63, 3.8) is 0 Å². The van der Waals surface area contributed by atoms with E-state index < -0.39 is 32.1 Å². The Kier molecular flexibility index (Phi) is 23.5. The molecule has 2 atom stereocenters. The number of alkyl halides is 3. The first-order valence-electron chi connectivity index (χ1n) is 27.8. The van der Waals surface area contributed by atoms with Crippen molar-refractivity contribution < 1.29 is 35.9 Å². The summed E-state index contributed by atoms with van der Waals surface area (Å²) in [5.41, 5.74) is 5.17. The molecule has 0 aromatic heterocycles. The van der Waals surface area contributed by atoms with Gasteiger partial charge in [0.1, 0.15) is 0 Å². The van der Waals surface area contributed by atoms with Gasteiger partial charge in [-0.2, -0.15) is 13.2 Å². The van der Waals surface area contributed by atoms with Crippen LogP contribution >= 0.6 is 36.2 Å². The smallest absolute Gasteiger partial charge is 0.380 e. The summed E-state index contributed by atoms with van der Waals surface area (Å²) in [6.45, 7) is 16.1. The quantitative estimate of drug-likeness (QED) is 0.0425. The van der Waals surface area contributed by atoms with Crippen LogP contribution in [0.3, 0.4) is 0 Å². The first-order valence-corrected chi connectivity index (χ1v) is 31.2. The van der Waals surface area contributed by atoms with Gasteiger partial charge in [-0.15, -0.1) is 24.6 Å². The Morgan fingerprint density at radius 2 is 1.49 bits per heavy atom. The number of halogens is 4. The summed E-state index contributed by atoms with van der Waals surface area (Å²) >= 11 is 10.9. The van der Waals surface area contributed by atoms with Gasteiger partial charge in [0, 0.05) is 104 Å². The number of allylic oxidation sites excluding steroid dienone is 1. The van der Waals surface area contributed by atoms with Crippen LogP contribution in [0.25, 0.3) is 5.57 Å². The van der Waals surface area contributed by atoms with Crippen molar-refractivity contribution in [2.24, 2.45) is 22.2 Å². The molecule has 432 valence electrons. The molecule has 13 nitrogen and oxygen atoms in total. The third-order valence-corrected chi connectivity index (χ3v) is 18.8. The van der Waals surface area contributed by atoms with E-state index >= 15 is 0 Å². The topological polar surface area (TPSA) is 158 Å². The van der Waals surface area contributed by atoms with Gasteiger partial charge in [0.05, 0.1) is 30.3 Å². The molecule has 1 spiro atoms. The van der Waals surface area contributed by atoms with E-state index in [0.29, 0.717) is 56.0 Å². The van der Waals surface area contributed by atoms with E-state index in [9.17, 15) is 31.2 Å². The van der Waals surface area contributed by atoms with Crippen LogP contribution in [0.5, 0.6) is 0 Å². The number of piperazine rings is 1. The number of ketones is 1. The number of hydrogen-bond donors (Lipinski definition) is 4. The van der Waals surface area contributed by atoms with Gasteiger partial charge in [-0.25, -0.2) is 8.42 Å². The number of sulfone groups is 1. The highest BCUT2D eigenvalue weighted by molar-refractivity contribution is 7.99. The second-order valence-corrected chi connectivity index (χ2v) is 24.9. The number of benzene rings is 4. The molecule has 2 unspecified atom stereocenters. The second-order valence-electron chi connectivity index (χ2n) is 21.5. The zero-order valence-electron chi connectivity index (χ0n) is 45.8. The van der Waals surface area contributed by atoms with Crippen LogP contribution in [-0.2, 0) is 19.4 Å². The number of nitrogens with zero attached hydrogens (tertiary/aromatic N) is 5. The summed E-state index contributed by atoms with van der Waals surface area (Å²) < 4.78 is 75.0. The van der Waals surface area contributed by atoms with E-state index in [4.69, 9.17) is 22.1 Å². The number of hydrogen-bond acceptors (Lipinski definition) is 14. The van der Waals surface area contributed by atoms with Gasteiger partial charge < -0.3 is 25.6 Å². The highest BCUT2D eigenvalue weighted by atomic mass is 35.5. The number of carbonyl (C=O) groups is 2. The monoisotopic (exact) mass is 1170 g/mol. The molecule has 4 aromatic rings. The number of carbonyl (C=O) groups excluding carboxylic acids is 2. The molecular formula is C59H80ClF3N8O5S3. The summed E-state index contributed by atoms with van der Waals surface area (Å²) in [7, 11) is -5.85. The fourth-order valence-corrected chi connectivity index (χ4v) is 13.4. The molecule has 4 aromatic carbocycles. The molecule has 4 aliphatic heterocycles. The minimum Gasteiger partial charge on any atom is -0.380 e. The predicted molar refractivity (Wildman–Crippen MR) is 318 cm³/mol.